The molecule has 2 N–H and O–H groups in total. The van der Waals surface area contributed by atoms with E-state index in [2.05, 4.69) is 20.6 Å². The van der Waals surface area contributed by atoms with Crippen molar-refractivity contribution in [3.8, 4) is 0 Å². The molecule has 0 radical (unpaired) electrons. The molecule has 0 bridgehead atoms. The first-order valence-electron chi connectivity index (χ1n) is 5.68. The van der Waals surface area contributed by atoms with Gasteiger partial charge in [-0.15, -0.1) is 35.3 Å². The second kappa shape index (κ2) is 10.5. The number of rotatable bonds is 6. The maximum Gasteiger partial charge on any atom is 0.191 e. The van der Waals surface area contributed by atoms with E-state index in [4.69, 9.17) is 4.74 Å². The van der Waals surface area contributed by atoms with Gasteiger partial charge in [0.15, 0.2) is 5.96 Å². The van der Waals surface area contributed by atoms with Gasteiger partial charge in [0.25, 0.3) is 0 Å². The van der Waals surface area contributed by atoms with E-state index in [-0.39, 0.29) is 24.0 Å². The van der Waals surface area contributed by atoms with E-state index in [1.54, 1.807) is 18.4 Å². The van der Waals surface area contributed by atoms with E-state index < -0.39 is 0 Å². The molecule has 1 rings (SSSR count). The summed E-state index contributed by atoms with van der Waals surface area (Å²) in [5, 5.41) is 6.39. The van der Waals surface area contributed by atoms with Crippen LogP contribution in [0.4, 0.5) is 0 Å². The number of hydrogen-bond donors (Lipinski definition) is 2. The number of nitrogens with one attached hydrogen (secondary N) is 2. The molecule has 0 unspecified atom stereocenters. The average molecular weight is 384 g/mol. The largest absolute Gasteiger partial charge is 0.383 e. The monoisotopic (exact) mass is 384 g/mol. The Bertz CT molecular complexity index is 357. The maximum atomic E-state index is 4.99. The van der Waals surface area contributed by atoms with Crippen LogP contribution < -0.4 is 10.6 Å². The Labute approximate surface area is 129 Å². The van der Waals surface area contributed by atoms with E-state index in [9.17, 15) is 0 Å². The molecular formula is C11H21IN4OS. The highest BCUT2D eigenvalue weighted by Gasteiger charge is 2.01. The molecule has 0 amide bonds. The zero-order valence-electron chi connectivity index (χ0n) is 11.0. The van der Waals surface area contributed by atoms with Crippen molar-refractivity contribution in [2.45, 2.75) is 20.4 Å². The molecule has 0 aromatic carbocycles. The smallest absolute Gasteiger partial charge is 0.191 e. The van der Waals surface area contributed by atoms with Gasteiger partial charge in [-0.2, -0.15) is 0 Å². The van der Waals surface area contributed by atoms with Gasteiger partial charge in [0.2, 0.25) is 0 Å². The fourth-order valence-electron chi connectivity index (χ4n) is 1.24. The van der Waals surface area contributed by atoms with E-state index >= 15 is 0 Å². The summed E-state index contributed by atoms with van der Waals surface area (Å²) in [5.74, 6) is 0.817. The van der Waals surface area contributed by atoms with Crippen LogP contribution in [0.3, 0.4) is 0 Å². The summed E-state index contributed by atoms with van der Waals surface area (Å²) in [6.07, 6.45) is 0. The van der Waals surface area contributed by atoms with Crippen molar-refractivity contribution >= 4 is 41.3 Å². The van der Waals surface area contributed by atoms with Gasteiger partial charge in [0.05, 0.1) is 24.4 Å². The minimum absolute atomic E-state index is 0. The van der Waals surface area contributed by atoms with Gasteiger partial charge < -0.3 is 15.4 Å². The lowest BCUT2D eigenvalue weighted by Gasteiger charge is -2.10. The van der Waals surface area contributed by atoms with E-state index in [1.807, 2.05) is 19.4 Å². The highest BCUT2D eigenvalue weighted by molar-refractivity contribution is 14.0. The number of hydrogen-bond acceptors (Lipinski definition) is 4. The summed E-state index contributed by atoms with van der Waals surface area (Å²) in [6.45, 7) is 6.99. The summed E-state index contributed by atoms with van der Waals surface area (Å²) in [4.78, 5) is 9.91. The average Bonchev–Trinajstić information content (AvgIpc) is 2.72. The Balaban J connectivity index is 0.00000289. The predicted octanol–water partition coefficient (Wildman–Crippen LogP) is 1.77. The molecule has 0 aliphatic heterocycles. The van der Waals surface area contributed by atoms with Gasteiger partial charge in [0.1, 0.15) is 0 Å². The number of aromatic nitrogens is 1. The summed E-state index contributed by atoms with van der Waals surface area (Å²) in [5.41, 5.74) is 2.91. The Morgan fingerprint density at radius 3 is 2.83 bits per heavy atom. The highest BCUT2D eigenvalue weighted by atomic mass is 127. The van der Waals surface area contributed by atoms with Crippen LogP contribution in [0.25, 0.3) is 0 Å². The van der Waals surface area contributed by atoms with Crippen molar-refractivity contribution < 1.29 is 4.74 Å². The van der Waals surface area contributed by atoms with Crippen molar-refractivity contribution in [2.75, 3.05) is 26.8 Å². The number of methoxy groups -OCH3 is 1. The van der Waals surface area contributed by atoms with Gasteiger partial charge >= 0.3 is 0 Å². The molecule has 104 valence electrons. The minimum atomic E-state index is 0. The second-order valence-corrected chi connectivity index (χ2v) is 4.42. The number of halogens is 1. The fraction of sp³-hybridized carbons (Fsp3) is 0.636. The van der Waals surface area contributed by atoms with Gasteiger partial charge in [-0.05, 0) is 13.8 Å². The van der Waals surface area contributed by atoms with Gasteiger partial charge in [-0.3, -0.25) is 0 Å². The Morgan fingerprint density at radius 1 is 1.50 bits per heavy atom. The normalized spacial score (nSPS) is 10.9. The van der Waals surface area contributed by atoms with Crippen LogP contribution in [0.15, 0.2) is 10.5 Å². The Kier molecular flexibility index (Phi) is 10.3. The van der Waals surface area contributed by atoms with Crippen molar-refractivity contribution in [1.82, 2.24) is 15.6 Å². The standard InChI is InChI=1S/C11H20N4OS.HI/c1-4-12-11(13-5-6-16-3)14-7-10-9(2)15-8-17-10;/h8H,4-7H2,1-3H3,(H2,12,13,14);1H. The maximum absolute atomic E-state index is 4.99. The lowest BCUT2D eigenvalue weighted by Crippen LogP contribution is -2.38. The summed E-state index contributed by atoms with van der Waals surface area (Å²) >= 11 is 1.64. The first kappa shape index (κ1) is 17.6. The van der Waals surface area contributed by atoms with Crippen LogP contribution in [0.2, 0.25) is 0 Å². The summed E-state index contributed by atoms with van der Waals surface area (Å²) < 4.78 is 4.99. The van der Waals surface area contributed by atoms with Gasteiger partial charge in [-0.1, -0.05) is 0 Å². The lowest BCUT2D eigenvalue weighted by molar-refractivity contribution is 0.203. The summed E-state index contributed by atoms with van der Waals surface area (Å²) in [6, 6.07) is 0. The van der Waals surface area contributed by atoms with Crippen molar-refractivity contribution in [1.29, 1.82) is 0 Å². The van der Waals surface area contributed by atoms with Crippen LogP contribution in [0.5, 0.6) is 0 Å². The predicted molar refractivity (Wildman–Crippen MR) is 87.0 cm³/mol. The molecule has 0 aliphatic rings. The molecule has 0 spiro atoms. The van der Waals surface area contributed by atoms with E-state index in [0.717, 1.165) is 24.7 Å². The van der Waals surface area contributed by atoms with Crippen molar-refractivity contribution in [2.24, 2.45) is 4.99 Å². The van der Waals surface area contributed by atoms with Crippen LogP contribution >= 0.6 is 35.3 Å². The third-order valence-corrected chi connectivity index (χ3v) is 3.09. The van der Waals surface area contributed by atoms with E-state index in [1.165, 1.54) is 4.88 Å². The van der Waals surface area contributed by atoms with Crippen LogP contribution in [-0.4, -0.2) is 37.7 Å². The molecule has 0 saturated carbocycles. The number of aliphatic imine (C=N–C) groups is 1. The van der Waals surface area contributed by atoms with Crippen LogP contribution in [0.1, 0.15) is 17.5 Å². The Hall–Kier alpha value is -0.410. The van der Waals surface area contributed by atoms with Crippen molar-refractivity contribution in [3.63, 3.8) is 0 Å². The van der Waals surface area contributed by atoms with Crippen molar-refractivity contribution in [3.05, 3.63) is 16.1 Å². The van der Waals surface area contributed by atoms with Crippen LogP contribution in [-0.2, 0) is 11.3 Å². The lowest BCUT2D eigenvalue weighted by atomic mass is 10.4. The molecule has 18 heavy (non-hydrogen) atoms. The topological polar surface area (TPSA) is 58.5 Å². The zero-order chi connectivity index (χ0) is 12.5. The highest BCUT2D eigenvalue weighted by Crippen LogP contribution is 2.12. The number of guanidine groups is 1. The van der Waals surface area contributed by atoms with Crippen LogP contribution in [0, 0.1) is 6.92 Å². The number of ether oxygens (including phenoxy) is 1. The minimum Gasteiger partial charge on any atom is -0.383 e. The molecule has 0 fully saturated rings. The molecule has 0 atom stereocenters. The number of nitrogens with zero attached hydrogens (tertiary/aromatic N) is 2. The number of aryl methyl sites for hydroxylation is 1. The molecule has 0 aliphatic carbocycles. The molecule has 0 saturated heterocycles. The fourth-order valence-corrected chi connectivity index (χ4v) is 1.94. The third kappa shape index (κ3) is 6.50. The third-order valence-electron chi connectivity index (χ3n) is 2.17. The molecular weight excluding hydrogens is 363 g/mol. The molecule has 1 heterocycles. The molecule has 1 aromatic rings. The van der Waals surface area contributed by atoms with E-state index in [0.29, 0.717) is 13.2 Å². The quantitative estimate of drug-likeness (QED) is 0.340. The zero-order valence-corrected chi connectivity index (χ0v) is 14.2. The summed E-state index contributed by atoms with van der Waals surface area (Å²) in [7, 11) is 1.69. The Morgan fingerprint density at radius 2 is 2.28 bits per heavy atom. The first-order chi connectivity index (χ1) is 8.27. The van der Waals surface area contributed by atoms with Gasteiger partial charge in [-0.25, -0.2) is 9.98 Å². The van der Waals surface area contributed by atoms with Gasteiger partial charge in [0, 0.05) is 25.1 Å². The first-order valence-corrected chi connectivity index (χ1v) is 6.56. The number of thiazole rings is 1. The SMILES string of the molecule is CCNC(=NCc1scnc1C)NCCOC.I. The molecule has 5 nitrogen and oxygen atoms in total. The molecule has 7 heteroatoms. The second-order valence-electron chi connectivity index (χ2n) is 3.48. The molecule has 1 aromatic heterocycles.